The molecule has 7 heteroatoms. The molecule has 0 aliphatic rings. The highest BCUT2D eigenvalue weighted by Crippen LogP contribution is 2.21. The topological polar surface area (TPSA) is 52.7 Å². The van der Waals surface area contributed by atoms with Crippen molar-refractivity contribution in [3.05, 3.63) is 64.5 Å². The SMILES string of the molecule is Cc1nnc(SCC(=O)c2cc(C)n(CCc3ccc(F)cc3)c2C)n1C. The highest BCUT2D eigenvalue weighted by molar-refractivity contribution is 7.99. The van der Waals surface area contributed by atoms with Gasteiger partial charge in [-0.15, -0.1) is 10.2 Å². The van der Waals surface area contributed by atoms with E-state index in [-0.39, 0.29) is 11.6 Å². The van der Waals surface area contributed by atoms with E-state index in [1.54, 1.807) is 12.1 Å². The molecule has 27 heavy (non-hydrogen) atoms. The van der Waals surface area contributed by atoms with Crippen LogP contribution in [0.2, 0.25) is 0 Å². The zero-order valence-electron chi connectivity index (χ0n) is 16.0. The minimum Gasteiger partial charge on any atom is -0.348 e. The molecule has 0 aliphatic carbocycles. The number of nitrogens with zero attached hydrogens (tertiary/aromatic N) is 4. The monoisotopic (exact) mass is 386 g/mol. The maximum absolute atomic E-state index is 13.0. The van der Waals surface area contributed by atoms with Gasteiger partial charge in [-0.3, -0.25) is 4.79 Å². The van der Waals surface area contributed by atoms with E-state index in [0.717, 1.165) is 46.5 Å². The maximum Gasteiger partial charge on any atom is 0.191 e. The number of carbonyl (C=O) groups excluding carboxylic acids is 1. The van der Waals surface area contributed by atoms with Gasteiger partial charge < -0.3 is 9.13 Å². The first-order valence-electron chi connectivity index (χ1n) is 8.80. The lowest BCUT2D eigenvalue weighted by Gasteiger charge is -2.10. The fourth-order valence-electron chi connectivity index (χ4n) is 3.04. The first kappa shape index (κ1) is 19.4. The highest BCUT2D eigenvalue weighted by Gasteiger charge is 2.17. The summed E-state index contributed by atoms with van der Waals surface area (Å²) in [5.41, 5.74) is 3.84. The molecular formula is C20H23FN4OS. The van der Waals surface area contributed by atoms with Gasteiger partial charge >= 0.3 is 0 Å². The number of rotatable bonds is 7. The third-order valence-corrected chi connectivity index (χ3v) is 5.82. The molecule has 2 aromatic heterocycles. The van der Waals surface area contributed by atoms with E-state index < -0.39 is 0 Å². The first-order chi connectivity index (χ1) is 12.9. The molecule has 0 unspecified atom stereocenters. The minimum absolute atomic E-state index is 0.0850. The summed E-state index contributed by atoms with van der Waals surface area (Å²) in [5, 5.41) is 8.84. The molecule has 0 atom stereocenters. The zero-order chi connectivity index (χ0) is 19.6. The van der Waals surface area contributed by atoms with Crippen molar-refractivity contribution in [2.45, 2.75) is 38.9 Å². The number of hydrogen-bond donors (Lipinski definition) is 0. The Kier molecular flexibility index (Phi) is 5.79. The van der Waals surface area contributed by atoms with Crippen molar-refractivity contribution >= 4 is 17.5 Å². The number of aryl methyl sites for hydroxylation is 3. The quantitative estimate of drug-likeness (QED) is 0.456. The van der Waals surface area contributed by atoms with Crippen molar-refractivity contribution in [2.75, 3.05) is 5.75 Å². The van der Waals surface area contributed by atoms with Crippen LogP contribution in [0.15, 0.2) is 35.5 Å². The molecule has 2 heterocycles. The average molecular weight is 386 g/mol. The van der Waals surface area contributed by atoms with Crippen LogP contribution < -0.4 is 0 Å². The summed E-state index contributed by atoms with van der Waals surface area (Å²) >= 11 is 1.40. The fraction of sp³-hybridized carbons (Fsp3) is 0.350. The van der Waals surface area contributed by atoms with Crippen molar-refractivity contribution in [1.29, 1.82) is 0 Å². The number of aromatic nitrogens is 4. The number of ketones is 1. The molecule has 1 aromatic carbocycles. The van der Waals surface area contributed by atoms with Crippen LogP contribution >= 0.6 is 11.8 Å². The molecule has 0 radical (unpaired) electrons. The summed E-state index contributed by atoms with van der Waals surface area (Å²) < 4.78 is 17.1. The molecule has 0 aliphatic heterocycles. The third-order valence-electron chi connectivity index (χ3n) is 4.80. The van der Waals surface area contributed by atoms with Gasteiger partial charge in [-0.2, -0.15) is 0 Å². The molecule has 3 aromatic rings. The molecule has 0 fully saturated rings. The van der Waals surface area contributed by atoms with Gasteiger partial charge in [-0.25, -0.2) is 4.39 Å². The highest BCUT2D eigenvalue weighted by atomic mass is 32.2. The molecule has 0 spiro atoms. The second kappa shape index (κ2) is 8.08. The second-order valence-electron chi connectivity index (χ2n) is 6.61. The summed E-state index contributed by atoms with van der Waals surface area (Å²) in [5.74, 6) is 1.01. The number of benzene rings is 1. The molecule has 0 amide bonds. The van der Waals surface area contributed by atoms with E-state index >= 15 is 0 Å². The third kappa shape index (κ3) is 4.30. The predicted molar refractivity (Wildman–Crippen MR) is 105 cm³/mol. The largest absolute Gasteiger partial charge is 0.348 e. The Bertz CT molecular complexity index is 959. The molecule has 0 saturated heterocycles. The van der Waals surface area contributed by atoms with Gasteiger partial charge in [0.1, 0.15) is 11.6 Å². The number of carbonyl (C=O) groups is 1. The van der Waals surface area contributed by atoms with Crippen LogP contribution in [-0.4, -0.2) is 30.9 Å². The standard InChI is InChI=1S/C20H23FN4OS/c1-13-11-18(19(26)12-27-20-23-22-15(3)24(20)4)14(2)25(13)10-9-16-5-7-17(21)8-6-16/h5-8,11H,9-10,12H2,1-4H3. The first-order valence-corrected chi connectivity index (χ1v) is 9.78. The Balaban J connectivity index is 1.67. The minimum atomic E-state index is -0.226. The van der Waals surface area contributed by atoms with Crippen molar-refractivity contribution in [2.24, 2.45) is 7.05 Å². The number of thioether (sulfide) groups is 1. The van der Waals surface area contributed by atoms with Crippen LogP contribution in [0.4, 0.5) is 4.39 Å². The van der Waals surface area contributed by atoms with Crippen molar-refractivity contribution in [3.63, 3.8) is 0 Å². The summed E-state index contributed by atoms with van der Waals surface area (Å²) in [6.45, 7) is 6.62. The lowest BCUT2D eigenvalue weighted by Crippen LogP contribution is -2.08. The van der Waals surface area contributed by atoms with Crippen molar-refractivity contribution in [1.82, 2.24) is 19.3 Å². The summed E-state index contributed by atoms with van der Waals surface area (Å²) in [4.78, 5) is 12.7. The Morgan fingerprint density at radius 1 is 1.15 bits per heavy atom. The maximum atomic E-state index is 13.0. The van der Waals surface area contributed by atoms with Gasteiger partial charge in [0.05, 0.1) is 5.75 Å². The fourth-order valence-corrected chi connectivity index (χ4v) is 3.88. The van der Waals surface area contributed by atoms with Crippen LogP contribution in [0, 0.1) is 26.6 Å². The summed E-state index contributed by atoms with van der Waals surface area (Å²) in [6.07, 6.45) is 0.789. The van der Waals surface area contributed by atoms with Crippen molar-refractivity contribution in [3.8, 4) is 0 Å². The Labute approximate surface area is 162 Å². The van der Waals surface area contributed by atoms with E-state index in [4.69, 9.17) is 0 Å². The van der Waals surface area contributed by atoms with E-state index in [0.29, 0.717) is 5.75 Å². The molecule has 0 bridgehead atoms. The van der Waals surface area contributed by atoms with Gasteiger partial charge in [-0.1, -0.05) is 23.9 Å². The van der Waals surface area contributed by atoms with Gasteiger partial charge in [0.15, 0.2) is 10.9 Å². The number of halogens is 1. The van der Waals surface area contributed by atoms with Crippen LogP contribution in [-0.2, 0) is 20.0 Å². The average Bonchev–Trinajstić information content (AvgIpc) is 3.12. The van der Waals surface area contributed by atoms with Gasteiger partial charge in [0.25, 0.3) is 0 Å². The Hall–Kier alpha value is -2.41. The smallest absolute Gasteiger partial charge is 0.191 e. The van der Waals surface area contributed by atoms with E-state index in [1.807, 2.05) is 38.5 Å². The Morgan fingerprint density at radius 3 is 2.48 bits per heavy atom. The van der Waals surface area contributed by atoms with Crippen molar-refractivity contribution < 1.29 is 9.18 Å². The molecule has 0 saturated carbocycles. The molecule has 0 N–H and O–H groups in total. The van der Waals surface area contributed by atoms with E-state index in [9.17, 15) is 9.18 Å². The molecule has 142 valence electrons. The lowest BCUT2D eigenvalue weighted by molar-refractivity contribution is 0.102. The predicted octanol–water partition coefficient (Wildman–Crippen LogP) is 3.90. The zero-order valence-corrected chi connectivity index (χ0v) is 16.8. The van der Waals surface area contributed by atoms with Crippen LogP contribution in [0.5, 0.6) is 0 Å². The summed E-state index contributed by atoms with van der Waals surface area (Å²) in [6, 6.07) is 8.51. The van der Waals surface area contributed by atoms with Gasteiger partial charge in [0.2, 0.25) is 0 Å². The normalized spacial score (nSPS) is 11.1. The van der Waals surface area contributed by atoms with Gasteiger partial charge in [0, 0.05) is 30.5 Å². The number of Topliss-reactive ketones (excluding diaryl/α,β-unsaturated/α-hetero) is 1. The second-order valence-corrected chi connectivity index (χ2v) is 7.56. The van der Waals surface area contributed by atoms with Crippen LogP contribution in [0.3, 0.4) is 0 Å². The molecule has 5 nitrogen and oxygen atoms in total. The number of hydrogen-bond acceptors (Lipinski definition) is 4. The lowest BCUT2D eigenvalue weighted by atomic mass is 10.1. The van der Waals surface area contributed by atoms with Crippen LogP contribution in [0.1, 0.15) is 33.1 Å². The van der Waals surface area contributed by atoms with Crippen LogP contribution in [0.25, 0.3) is 0 Å². The van der Waals surface area contributed by atoms with Gasteiger partial charge in [-0.05, 0) is 51.0 Å². The van der Waals surface area contributed by atoms with E-state index in [1.165, 1.54) is 23.9 Å². The van der Waals surface area contributed by atoms with E-state index in [2.05, 4.69) is 14.8 Å². The summed E-state index contributed by atoms with van der Waals surface area (Å²) in [7, 11) is 1.89. The Morgan fingerprint density at radius 2 is 1.85 bits per heavy atom. The molecular weight excluding hydrogens is 363 g/mol. The molecule has 3 rings (SSSR count).